The Bertz CT molecular complexity index is 421. The van der Waals surface area contributed by atoms with Gasteiger partial charge in [-0.25, -0.2) is 0 Å². The molecule has 0 spiro atoms. The van der Waals surface area contributed by atoms with Gasteiger partial charge in [0.05, 0.1) is 10.7 Å². The van der Waals surface area contributed by atoms with E-state index in [4.69, 9.17) is 11.6 Å². The number of nitrogens with one attached hydrogen (secondary N) is 2. The molecule has 0 bridgehead atoms. The number of anilines is 1. The highest BCUT2D eigenvalue weighted by molar-refractivity contribution is 9.10. The van der Waals surface area contributed by atoms with Gasteiger partial charge in [-0.15, -0.1) is 0 Å². The SMILES string of the molecule is O=C(CCNC1CC1)Nc1cc(Br)ccc1Cl. The third-order valence-electron chi connectivity index (χ3n) is 2.56. The molecule has 5 heteroatoms. The fourth-order valence-corrected chi connectivity index (χ4v) is 2.01. The molecular weight excluding hydrogens is 304 g/mol. The first-order valence-corrected chi connectivity index (χ1v) is 6.80. The van der Waals surface area contributed by atoms with Crippen LogP contribution in [0.3, 0.4) is 0 Å². The van der Waals surface area contributed by atoms with E-state index in [9.17, 15) is 4.79 Å². The summed E-state index contributed by atoms with van der Waals surface area (Å²) in [6.45, 7) is 0.724. The molecule has 0 unspecified atom stereocenters. The van der Waals surface area contributed by atoms with Crippen molar-refractivity contribution in [3.63, 3.8) is 0 Å². The molecule has 1 saturated carbocycles. The molecule has 0 heterocycles. The lowest BCUT2D eigenvalue weighted by Crippen LogP contribution is -2.23. The van der Waals surface area contributed by atoms with E-state index in [1.54, 1.807) is 12.1 Å². The molecule has 2 N–H and O–H groups in total. The van der Waals surface area contributed by atoms with Gasteiger partial charge in [0.2, 0.25) is 5.91 Å². The summed E-state index contributed by atoms with van der Waals surface area (Å²) in [5, 5.41) is 6.65. The lowest BCUT2D eigenvalue weighted by Gasteiger charge is -2.08. The number of benzene rings is 1. The van der Waals surface area contributed by atoms with Crippen molar-refractivity contribution in [1.29, 1.82) is 0 Å². The Morgan fingerprint density at radius 3 is 2.94 bits per heavy atom. The maximum Gasteiger partial charge on any atom is 0.225 e. The minimum absolute atomic E-state index is 0.0156. The summed E-state index contributed by atoms with van der Waals surface area (Å²) in [6.07, 6.45) is 2.94. The van der Waals surface area contributed by atoms with Crippen LogP contribution in [0.4, 0.5) is 5.69 Å². The first-order valence-electron chi connectivity index (χ1n) is 5.63. The summed E-state index contributed by atoms with van der Waals surface area (Å²) < 4.78 is 0.897. The van der Waals surface area contributed by atoms with Crippen molar-refractivity contribution in [2.24, 2.45) is 0 Å². The second kappa shape index (κ2) is 5.85. The Kier molecular flexibility index (Phi) is 4.42. The number of hydrogen-bond donors (Lipinski definition) is 2. The molecule has 0 aromatic heterocycles. The molecule has 3 nitrogen and oxygen atoms in total. The quantitative estimate of drug-likeness (QED) is 0.876. The first-order chi connectivity index (χ1) is 8.15. The van der Waals surface area contributed by atoms with E-state index in [1.165, 1.54) is 12.8 Å². The predicted molar refractivity (Wildman–Crippen MR) is 73.4 cm³/mol. The third kappa shape index (κ3) is 4.30. The van der Waals surface area contributed by atoms with Crippen molar-refractivity contribution in [2.45, 2.75) is 25.3 Å². The Balaban J connectivity index is 1.81. The van der Waals surface area contributed by atoms with Gasteiger partial charge in [-0.3, -0.25) is 4.79 Å². The highest BCUT2D eigenvalue weighted by Gasteiger charge is 2.20. The minimum atomic E-state index is -0.0156. The van der Waals surface area contributed by atoms with Crippen molar-refractivity contribution in [2.75, 3.05) is 11.9 Å². The molecule has 1 amide bonds. The van der Waals surface area contributed by atoms with Crippen LogP contribution in [0.2, 0.25) is 5.02 Å². The van der Waals surface area contributed by atoms with Gasteiger partial charge >= 0.3 is 0 Å². The van der Waals surface area contributed by atoms with Crippen LogP contribution in [-0.2, 0) is 4.79 Å². The number of carbonyl (C=O) groups is 1. The van der Waals surface area contributed by atoms with Gasteiger partial charge in [-0.1, -0.05) is 27.5 Å². The molecule has 0 saturated heterocycles. The molecule has 0 atom stereocenters. The van der Waals surface area contributed by atoms with Crippen molar-refractivity contribution in [1.82, 2.24) is 5.32 Å². The second-order valence-electron chi connectivity index (χ2n) is 4.15. The maximum atomic E-state index is 11.7. The number of amides is 1. The maximum absolute atomic E-state index is 11.7. The van der Waals surface area contributed by atoms with Crippen LogP contribution in [-0.4, -0.2) is 18.5 Å². The van der Waals surface area contributed by atoms with Crippen LogP contribution in [0.25, 0.3) is 0 Å². The van der Waals surface area contributed by atoms with Gasteiger partial charge < -0.3 is 10.6 Å². The van der Waals surface area contributed by atoms with Gasteiger partial charge in [0.25, 0.3) is 0 Å². The minimum Gasteiger partial charge on any atom is -0.325 e. The third-order valence-corrected chi connectivity index (χ3v) is 3.39. The zero-order valence-electron chi connectivity index (χ0n) is 9.30. The summed E-state index contributed by atoms with van der Waals surface area (Å²) in [5.41, 5.74) is 0.650. The van der Waals surface area contributed by atoms with E-state index in [2.05, 4.69) is 26.6 Å². The Morgan fingerprint density at radius 2 is 2.24 bits per heavy atom. The highest BCUT2D eigenvalue weighted by Crippen LogP contribution is 2.25. The van der Waals surface area contributed by atoms with Gasteiger partial charge in [-0.05, 0) is 31.0 Å². The fraction of sp³-hybridized carbons (Fsp3) is 0.417. The smallest absolute Gasteiger partial charge is 0.225 e. The van der Waals surface area contributed by atoms with E-state index in [1.807, 2.05) is 6.07 Å². The van der Waals surface area contributed by atoms with Crippen LogP contribution in [0.1, 0.15) is 19.3 Å². The summed E-state index contributed by atoms with van der Waals surface area (Å²) in [7, 11) is 0. The normalized spacial score (nSPS) is 14.7. The molecule has 1 aromatic rings. The summed E-state index contributed by atoms with van der Waals surface area (Å²) >= 11 is 9.33. The summed E-state index contributed by atoms with van der Waals surface area (Å²) in [5.74, 6) is -0.0156. The molecule has 92 valence electrons. The largest absolute Gasteiger partial charge is 0.325 e. The van der Waals surface area contributed by atoms with Gasteiger partial charge in [0.15, 0.2) is 0 Å². The zero-order chi connectivity index (χ0) is 12.3. The average Bonchev–Trinajstić information content (AvgIpc) is 3.07. The van der Waals surface area contributed by atoms with Crippen molar-refractivity contribution in [3.05, 3.63) is 27.7 Å². The lowest BCUT2D eigenvalue weighted by molar-refractivity contribution is -0.116. The van der Waals surface area contributed by atoms with E-state index >= 15 is 0 Å². The summed E-state index contributed by atoms with van der Waals surface area (Å²) in [4.78, 5) is 11.7. The van der Waals surface area contributed by atoms with Crippen LogP contribution >= 0.6 is 27.5 Å². The van der Waals surface area contributed by atoms with Gasteiger partial charge in [-0.2, -0.15) is 0 Å². The van der Waals surface area contributed by atoms with E-state index in [0.717, 1.165) is 11.0 Å². The fourth-order valence-electron chi connectivity index (χ4n) is 1.48. The molecule has 1 aliphatic rings. The lowest BCUT2D eigenvalue weighted by atomic mass is 10.3. The van der Waals surface area contributed by atoms with Gasteiger partial charge in [0.1, 0.15) is 0 Å². The number of halogens is 2. The standard InChI is InChI=1S/C12H14BrClN2O/c13-8-1-4-10(14)11(7-8)16-12(17)5-6-15-9-2-3-9/h1,4,7,9,15H,2-3,5-6H2,(H,16,17). The van der Waals surface area contributed by atoms with Crippen LogP contribution in [0.15, 0.2) is 22.7 Å². The van der Waals surface area contributed by atoms with Gasteiger partial charge in [0, 0.05) is 23.5 Å². The molecule has 1 aliphatic carbocycles. The van der Waals surface area contributed by atoms with E-state index in [-0.39, 0.29) is 5.91 Å². The van der Waals surface area contributed by atoms with E-state index < -0.39 is 0 Å². The second-order valence-corrected chi connectivity index (χ2v) is 5.47. The van der Waals surface area contributed by atoms with Crippen molar-refractivity contribution >= 4 is 39.1 Å². The molecule has 17 heavy (non-hydrogen) atoms. The Labute approximate surface area is 114 Å². The van der Waals surface area contributed by atoms with Crippen molar-refractivity contribution in [3.8, 4) is 0 Å². The number of carbonyl (C=O) groups excluding carboxylic acids is 1. The molecule has 0 radical (unpaired) electrons. The molecule has 1 aromatic carbocycles. The Morgan fingerprint density at radius 1 is 1.47 bits per heavy atom. The topological polar surface area (TPSA) is 41.1 Å². The van der Waals surface area contributed by atoms with E-state index in [0.29, 0.717) is 23.2 Å². The zero-order valence-corrected chi connectivity index (χ0v) is 11.6. The number of rotatable bonds is 5. The molecule has 2 rings (SSSR count). The van der Waals surface area contributed by atoms with Crippen LogP contribution in [0.5, 0.6) is 0 Å². The molecule has 0 aliphatic heterocycles. The van der Waals surface area contributed by atoms with Crippen LogP contribution < -0.4 is 10.6 Å². The molecular formula is C12H14BrClN2O. The average molecular weight is 318 g/mol. The predicted octanol–water partition coefficient (Wildman–Crippen LogP) is 3.18. The first kappa shape index (κ1) is 12.9. The Hall–Kier alpha value is -0.580. The molecule has 1 fully saturated rings. The summed E-state index contributed by atoms with van der Waals surface area (Å²) in [6, 6.07) is 6.03. The van der Waals surface area contributed by atoms with Crippen molar-refractivity contribution < 1.29 is 4.79 Å². The monoisotopic (exact) mass is 316 g/mol. The highest BCUT2D eigenvalue weighted by atomic mass is 79.9. The van der Waals surface area contributed by atoms with Crippen LogP contribution in [0, 0.1) is 0 Å². The number of hydrogen-bond acceptors (Lipinski definition) is 2.